The fourth-order valence-electron chi connectivity index (χ4n) is 1.77. The van der Waals surface area contributed by atoms with E-state index in [0.29, 0.717) is 18.7 Å². The quantitative estimate of drug-likeness (QED) is 0.725. The summed E-state index contributed by atoms with van der Waals surface area (Å²) in [4.78, 5) is 11.8. The Balaban J connectivity index is 2.67. The third-order valence-electron chi connectivity index (χ3n) is 2.86. The van der Waals surface area contributed by atoms with Crippen LogP contribution in [0.5, 0.6) is 0 Å². The van der Waals surface area contributed by atoms with E-state index in [4.69, 9.17) is 0 Å². The Labute approximate surface area is 127 Å². The van der Waals surface area contributed by atoms with Crippen LogP contribution in [0.2, 0.25) is 0 Å². The van der Waals surface area contributed by atoms with Gasteiger partial charge in [0.15, 0.2) is 0 Å². The number of carbonyl (C=O) groups excluding carboxylic acids is 1. The lowest BCUT2D eigenvalue weighted by atomic mass is 10.1. The van der Waals surface area contributed by atoms with E-state index in [-0.39, 0.29) is 16.7 Å². The average molecular weight is 312 g/mol. The number of sulfonamides is 1. The number of hydrogen-bond acceptors (Lipinski definition) is 3. The first-order valence-corrected chi connectivity index (χ1v) is 8.73. The molecule has 6 heteroatoms. The number of benzene rings is 1. The van der Waals surface area contributed by atoms with E-state index in [2.05, 4.69) is 10.0 Å². The van der Waals surface area contributed by atoms with Gasteiger partial charge in [-0.2, -0.15) is 0 Å². The predicted octanol–water partition coefficient (Wildman–Crippen LogP) is 2.75. The first kappa shape index (κ1) is 17.7. The fraction of sp³-hybridized carbons (Fsp3) is 0.533. The molecule has 0 bridgehead atoms. The second kappa shape index (κ2) is 8.14. The van der Waals surface area contributed by atoms with Crippen LogP contribution in [-0.2, 0) is 14.8 Å². The summed E-state index contributed by atoms with van der Waals surface area (Å²) in [5.74, 6) is 0.217. The molecule has 118 valence electrons. The van der Waals surface area contributed by atoms with Gasteiger partial charge in [-0.25, -0.2) is 13.1 Å². The normalized spacial score (nSPS) is 11.6. The summed E-state index contributed by atoms with van der Waals surface area (Å²) < 4.78 is 26.5. The molecule has 0 radical (unpaired) electrons. The van der Waals surface area contributed by atoms with Gasteiger partial charge < -0.3 is 5.32 Å². The fourth-order valence-corrected chi connectivity index (χ4v) is 2.84. The zero-order valence-electron chi connectivity index (χ0n) is 12.8. The summed E-state index contributed by atoms with van der Waals surface area (Å²) in [6, 6.07) is 6.21. The Kier molecular flexibility index (Phi) is 6.84. The zero-order chi connectivity index (χ0) is 15.9. The lowest BCUT2D eigenvalue weighted by Gasteiger charge is -2.09. The molecule has 1 rings (SSSR count). The second-order valence-corrected chi connectivity index (χ2v) is 7.19. The van der Waals surface area contributed by atoms with Gasteiger partial charge in [-0.15, -0.1) is 0 Å². The number of unbranched alkanes of at least 4 members (excludes halogenated alkanes) is 1. The van der Waals surface area contributed by atoms with Crippen LogP contribution < -0.4 is 10.0 Å². The molecule has 0 aliphatic rings. The molecule has 0 aromatic heterocycles. The van der Waals surface area contributed by atoms with Crippen LogP contribution in [0.15, 0.2) is 29.2 Å². The number of rotatable bonds is 8. The molecule has 21 heavy (non-hydrogen) atoms. The van der Waals surface area contributed by atoms with Crippen LogP contribution in [0.3, 0.4) is 0 Å². The first-order valence-electron chi connectivity index (χ1n) is 7.24. The standard InChI is InChI=1S/C15H24N2O3S/c1-4-5-10-16-21(19,20)14-8-6-13(7-9-14)17-15(18)11-12(2)3/h6-9,12,16H,4-5,10-11H2,1-3H3,(H,17,18). The van der Waals surface area contributed by atoms with Crippen molar-refractivity contribution in [1.82, 2.24) is 4.72 Å². The van der Waals surface area contributed by atoms with Crippen molar-refractivity contribution in [3.63, 3.8) is 0 Å². The largest absolute Gasteiger partial charge is 0.326 e. The average Bonchev–Trinajstić information content (AvgIpc) is 2.38. The summed E-state index contributed by atoms with van der Waals surface area (Å²) in [5, 5.41) is 2.75. The van der Waals surface area contributed by atoms with Crippen molar-refractivity contribution in [3.05, 3.63) is 24.3 Å². The molecule has 0 aliphatic carbocycles. The molecular weight excluding hydrogens is 288 g/mol. The van der Waals surface area contributed by atoms with E-state index in [1.54, 1.807) is 12.1 Å². The van der Waals surface area contributed by atoms with E-state index < -0.39 is 10.0 Å². The zero-order valence-corrected chi connectivity index (χ0v) is 13.7. The number of carbonyl (C=O) groups is 1. The highest BCUT2D eigenvalue weighted by molar-refractivity contribution is 7.89. The molecule has 0 saturated carbocycles. The maximum Gasteiger partial charge on any atom is 0.240 e. The smallest absolute Gasteiger partial charge is 0.240 e. The minimum Gasteiger partial charge on any atom is -0.326 e. The SMILES string of the molecule is CCCCNS(=O)(=O)c1ccc(NC(=O)CC(C)C)cc1. The topological polar surface area (TPSA) is 75.3 Å². The third-order valence-corrected chi connectivity index (χ3v) is 4.34. The van der Waals surface area contributed by atoms with Crippen LogP contribution in [-0.4, -0.2) is 20.9 Å². The minimum atomic E-state index is -3.46. The van der Waals surface area contributed by atoms with Crippen molar-refractivity contribution in [3.8, 4) is 0 Å². The van der Waals surface area contributed by atoms with Gasteiger partial charge in [-0.05, 0) is 36.6 Å². The van der Waals surface area contributed by atoms with Gasteiger partial charge in [-0.1, -0.05) is 27.2 Å². The van der Waals surface area contributed by atoms with Crippen LogP contribution in [0.1, 0.15) is 40.0 Å². The van der Waals surface area contributed by atoms with Crippen LogP contribution in [0, 0.1) is 5.92 Å². The Bertz CT molecular complexity index is 551. The highest BCUT2D eigenvalue weighted by Crippen LogP contribution is 2.15. The Morgan fingerprint density at radius 2 is 1.81 bits per heavy atom. The van der Waals surface area contributed by atoms with Gasteiger partial charge in [0.25, 0.3) is 0 Å². The van der Waals surface area contributed by atoms with Crippen LogP contribution in [0.4, 0.5) is 5.69 Å². The van der Waals surface area contributed by atoms with Crippen molar-refractivity contribution in [2.45, 2.75) is 44.9 Å². The molecule has 1 aromatic carbocycles. The van der Waals surface area contributed by atoms with Gasteiger partial charge in [0, 0.05) is 18.7 Å². The van der Waals surface area contributed by atoms with Crippen molar-refractivity contribution >= 4 is 21.6 Å². The van der Waals surface area contributed by atoms with Gasteiger partial charge in [-0.3, -0.25) is 4.79 Å². The van der Waals surface area contributed by atoms with E-state index in [0.717, 1.165) is 12.8 Å². The number of anilines is 1. The molecule has 1 aromatic rings. The summed E-state index contributed by atoms with van der Waals surface area (Å²) >= 11 is 0. The van der Waals surface area contributed by atoms with Crippen LogP contribution in [0.25, 0.3) is 0 Å². The molecule has 0 heterocycles. The van der Waals surface area contributed by atoms with Crippen molar-refractivity contribution < 1.29 is 13.2 Å². The van der Waals surface area contributed by atoms with Gasteiger partial charge in [0.05, 0.1) is 4.90 Å². The molecule has 2 N–H and O–H groups in total. The summed E-state index contributed by atoms with van der Waals surface area (Å²) in [5.41, 5.74) is 0.605. The van der Waals surface area contributed by atoms with E-state index in [9.17, 15) is 13.2 Å². The number of nitrogens with one attached hydrogen (secondary N) is 2. The molecule has 0 saturated heterocycles. The van der Waals surface area contributed by atoms with Crippen molar-refractivity contribution in [2.24, 2.45) is 5.92 Å². The number of amides is 1. The molecule has 1 amide bonds. The second-order valence-electron chi connectivity index (χ2n) is 5.42. The molecule has 0 unspecified atom stereocenters. The molecule has 0 aliphatic heterocycles. The van der Waals surface area contributed by atoms with E-state index in [1.165, 1.54) is 12.1 Å². The van der Waals surface area contributed by atoms with Crippen molar-refractivity contribution in [1.29, 1.82) is 0 Å². The van der Waals surface area contributed by atoms with Gasteiger partial charge >= 0.3 is 0 Å². The Morgan fingerprint density at radius 1 is 1.19 bits per heavy atom. The van der Waals surface area contributed by atoms with Crippen LogP contribution >= 0.6 is 0 Å². The van der Waals surface area contributed by atoms with Gasteiger partial charge in [0.1, 0.15) is 0 Å². The third kappa shape index (κ3) is 6.27. The molecule has 0 fully saturated rings. The summed E-state index contributed by atoms with van der Waals surface area (Å²) in [6.45, 7) is 6.38. The minimum absolute atomic E-state index is 0.0679. The van der Waals surface area contributed by atoms with Crippen molar-refractivity contribution in [2.75, 3.05) is 11.9 Å². The maximum atomic E-state index is 12.0. The molecule has 0 atom stereocenters. The lowest BCUT2D eigenvalue weighted by molar-refractivity contribution is -0.116. The monoisotopic (exact) mass is 312 g/mol. The predicted molar refractivity (Wildman–Crippen MR) is 84.6 cm³/mol. The Morgan fingerprint density at radius 3 is 2.33 bits per heavy atom. The maximum absolute atomic E-state index is 12.0. The first-order chi connectivity index (χ1) is 9.85. The highest BCUT2D eigenvalue weighted by Gasteiger charge is 2.13. The summed E-state index contributed by atoms with van der Waals surface area (Å²) in [7, 11) is -3.46. The molecular formula is C15H24N2O3S. The molecule has 5 nitrogen and oxygen atoms in total. The number of hydrogen-bond donors (Lipinski definition) is 2. The van der Waals surface area contributed by atoms with Gasteiger partial charge in [0.2, 0.25) is 15.9 Å². The lowest BCUT2D eigenvalue weighted by Crippen LogP contribution is -2.24. The Hall–Kier alpha value is -1.40. The summed E-state index contributed by atoms with van der Waals surface area (Å²) in [6.07, 6.45) is 2.19. The molecule has 0 spiro atoms. The highest BCUT2D eigenvalue weighted by atomic mass is 32.2. The van der Waals surface area contributed by atoms with E-state index in [1.807, 2.05) is 20.8 Å². The van der Waals surface area contributed by atoms with E-state index >= 15 is 0 Å².